The van der Waals surface area contributed by atoms with Crippen LogP contribution in [0.25, 0.3) is 0 Å². The smallest absolute Gasteiger partial charge is 0.344 e. The number of amides is 1. The summed E-state index contributed by atoms with van der Waals surface area (Å²) in [4.78, 5) is 23.6. The van der Waals surface area contributed by atoms with Gasteiger partial charge in [-0.15, -0.1) is 4.40 Å². The van der Waals surface area contributed by atoms with Crippen LogP contribution >= 0.6 is 0 Å². The Kier molecular flexibility index (Phi) is 4.50. The number of nitrogens with zero attached hydrogens (tertiary/aromatic N) is 2. The summed E-state index contributed by atoms with van der Waals surface area (Å²) in [5, 5.41) is 2.61. The van der Waals surface area contributed by atoms with Crippen LogP contribution in [-0.4, -0.2) is 44.5 Å². The zero-order valence-electron chi connectivity index (χ0n) is 12.7. The van der Waals surface area contributed by atoms with E-state index < -0.39 is 22.1 Å². The van der Waals surface area contributed by atoms with Gasteiger partial charge in [0.05, 0.1) is 24.0 Å². The van der Waals surface area contributed by atoms with E-state index in [1.165, 1.54) is 39.4 Å². The lowest BCUT2D eigenvalue weighted by Crippen LogP contribution is -2.30. The van der Waals surface area contributed by atoms with Crippen LogP contribution in [0.2, 0.25) is 0 Å². The number of carbonyl (C=O) groups excluding carboxylic acids is 2. The average Bonchev–Trinajstić information content (AvgIpc) is 2.50. The monoisotopic (exact) mass is 337 g/mol. The summed E-state index contributed by atoms with van der Waals surface area (Å²) in [6, 6.07) is 6.10. The first-order chi connectivity index (χ1) is 10.7. The molecule has 23 heavy (non-hydrogen) atoms. The van der Waals surface area contributed by atoms with E-state index in [1.807, 2.05) is 0 Å². The minimum absolute atomic E-state index is 0.104. The summed E-state index contributed by atoms with van der Waals surface area (Å²) in [7, 11) is -1.18. The van der Waals surface area contributed by atoms with E-state index in [2.05, 4.69) is 14.5 Å². The highest BCUT2D eigenvalue weighted by Gasteiger charge is 2.25. The summed E-state index contributed by atoms with van der Waals surface area (Å²) in [6.45, 7) is 1.44. The van der Waals surface area contributed by atoms with Crippen molar-refractivity contribution in [2.75, 3.05) is 19.5 Å². The number of esters is 1. The molecule has 1 aliphatic rings. The van der Waals surface area contributed by atoms with Crippen molar-refractivity contribution >= 4 is 33.5 Å². The molecule has 0 saturated heterocycles. The van der Waals surface area contributed by atoms with Crippen molar-refractivity contribution in [3.63, 3.8) is 0 Å². The molecule has 0 fully saturated rings. The maximum absolute atomic E-state index is 12.2. The highest BCUT2D eigenvalue weighted by atomic mass is 32.2. The van der Waals surface area contributed by atoms with E-state index in [0.29, 0.717) is 11.3 Å². The third kappa shape index (κ3) is 3.57. The molecule has 0 spiro atoms. The van der Waals surface area contributed by atoms with Gasteiger partial charge in [0.2, 0.25) is 0 Å². The molecule has 0 unspecified atom stereocenters. The normalized spacial score (nSPS) is 16.2. The second-order valence-corrected chi connectivity index (χ2v) is 6.39. The van der Waals surface area contributed by atoms with Crippen LogP contribution in [0.4, 0.5) is 5.69 Å². The lowest BCUT2D eigenvalue weighted by Gasteiger charge is -2.19. The van der Waals surface area contributed by atoms with Crippen molar-refractivity contribution in [1.29, 1.82) is 0 Å². The average molecular weight is 337 g/mol. The van der Waals surface area contributed by atoms with Crippen molar-refractivity contribution in [3.05, 3.63) is 41.6 Å². The summed E-state index contributed by atoms with van der Waals surface area (Å²) in [5.41, 5.74) is 1.05. The molecule has 0 aromatic heterocycles. The molecule has 1 N–H and O–H groups in total. The van der Waals surface area contributed by atoms with E-state index in [1.54, 1.807) is 12.1 Å². The molecule has 2 rings (SSSR count). The fraction of sp³-hybridized carbons (Fsp3) is 0.214. The van der Waals surface area contributed by atoms with Gasteiger partial charge in [-0.2, -0.15) is 8.42 Å². The van der Waals surface area contributed by atoms with Gasteiger partial charge in [-0.3, -0.25) is 9.10 Å². The minimum atomic E-state index is -3.75. The third-order valence-electron chi connectivity index (χ3n) is 3.13. The van der Waals surface area contributed by atoms with Crippen molar-refractivity contribution in [2.24, 2.45) is 4.40 Å². The van der Waals surface area contributed by atoms with Crippen molar-refractivity contribution in [3.8, 4) is 0 Å². The van der Waals surface area contributed by atoms with Gasteiger partial charge in [-0.05, 0) is 31.2 Å². The number of hydrogen-bond donors (Lipinski definition) is 1. The Labute approximate surface area is 133 Å². The second-order valence-electron chi connectivity index (χ2n) is 4.74. The Hall–Kier alpha value is -2.68. The van der Waals surface area contributed by atoms with Crippen LogP contribution < -0.4 is 5.32 Å². The number of carbonyl (C=O) groups is 2. The molecule has 0 radical (unpaired) electrons. The van der Waals surface area contributed by atoms with Gasteiger partial charge in [-0.25, -0.2) is 4.79 Å². The first-order valence-electron chi connectivity index (χ1n) is 6.51. The Morgan fingerprint density at radius 1 is 1.22 bits per heavy atom. The highest BCUT2D eigenvalue weighted by molar-refractivity contribution is 7.88. The lowest BCUT2D eigenvalue weighted by molar-refractivity contribution is -0.112. The molecule has 1 aliphatic heterocycles. The van der Waals surface area contributed by atoms with Crippen LogP contribution in [0, 0.1) is 0 Å². The molecular weight excluding hydrogens is 322 g/mol. The molecule has 1 aromatic rings. The molecular formula is C14H15N3O5S. The molecule has 0 saturated carbocycles. The van der Waals surface area contributed by atoms with E-state index >= 15 is 0 Å². The van der Waals surface area contributed by atoms with E-state index in [9.17, 15) is 18.0 Å². The van der Waals surface area contributed by atoms with Crippen LogP contribution in [0.5, 0.6) is 0 Å². The van der Waals surface area contributed by atoms with Gasteiger partial charge in [0.1, 0.15) is 0 Å². The molecule has 122 valence electrons. The van der Waals surface area contributed by atoms with Crippen LogP contribution in [0.1, 0.15) is 17.3 Å². The zero-order chi connectivity index (χ0) is 17.2. The third-order valence-corrected chi connectivity index (χ3v) is 4.46. The molecule has 1 heterocycles. The summed E-state index contributed by atoms with van der Waals surface area (Å²) >= 11 is 0. The van der Waals surface area contributed by atoms with E-state index in [-0.39, 0.29) is 11.3 Å². The van der Waals surface area contributed by atoms with Crippen molar-refractivity contribution in [2.45, 2.75) is 6.92 Å². The van der Waals surface area contributed by atoms with Crippen LogP contribution in [0.3, 0.4) is 0 Å². The fourth-order valence-electron chi connectivity index (χ4n) is 1.86. The molecule has 0 bridgehead atoms. The standard InChI is InChI=1S/C14H15N3O5S/c1-9-12(8-17(2)23(20,21)16-9)13(18)15-11-6-4-10(5-7-11)14(19)22-3/h4-8H,1-3H3,(H,15,18). The Balaban J connectivity index is 2.17. The number of methoxy groups -OCH3 is 1. The first-order valence-corrected chi connectivity index (χ1v) is 7.91. The maximum Gasteiger partial charge on any atom is 0.344 e. The van der Waals surface area contributed by atoms with Gasteiger partial charge in [-0.1, -0.05) is 0 Å². The van der Waals surface area contributed by atoms with Gasteiger partial charge in [0.15, 0.2) is 0 Å². The predicted molar refractivity (Wildman–Crippen MR) is 84.3 cm³/mol. The topological polar surface area (TPSA) is 105 Å². The molecule has 0 atom stereocenters. The van der Waals surface area contributed by atoms with Gasteiger partial charge in [0, 0.05) is 18.9 Å². The van der Waals surface area contributed by atoms with E-state index in [0.717, 1.165) is 4.31 Å². The first kappa shape index (κ1) is 16.7. The number of nitrogens with one attached hydrogen (secondary N) is 1. The van der Waals surface area contributed by atoms with Crippen molar-refractivity contribution in [1.82, 2.24) is 4.31 Å². The quantitative estimate of drug-likeness (QED) is 0.827. The molecule has 0 aliphatic carbocycles. The van der Waals surface area contributed by atoms with E-state index in [4.69, 9.17) is 0 Å². The van der Waals surface area contributed by atoms with Crippen LogP contribution in [-0.2, 0) is 19.7 Å². The largest absolute Gasteiger partial charge is 0.465 e. The fourth-order valence-corrected chi connectivity index (χ4v) is 2.67. The molecule has 8 nitrogen and oxygen atoms in total. The second kappa shape index (κ2) is 6.21. The van der Waals surface area contributed by atoms with Gasteiger partial charge >= 0.3 is 16.2 Å². The van der Waals surface area contributed by atoms with Gasteiger partial charge < -0.3 is 10.1 Å². The van der Waals surface area contributed by atoms with Gasteiger partial charge in [0.25, 0.3) is 5.91 Å². The summed E-state index contributed by atoms with van der Waals surface area (Å²) < 4.78 is 32.1. The molecule has 9 heteroatoms. The minimum Gasteiger partial charge on any atom is -0.465 e. The Bertz CT molecular complexity index is 809. The number of hydrogen-bond acceptors (Lipinski definition) is 5. The maximum atomic E-state index is 12.2. The lowest BCUT2D eigenvalue weighted by atomic mass is 10.1. The number of ether oxygens (including phenoxy) is 1. The van der Waals surface area contributed by atoms with Crippen LogP contribution in [0.15, 0.2) is 40.4 Å². The molecule has 1 aromatic carbocycles. The number of rotatable bonds is 3. The Morgan fingerprint density at radius 3 is 2.39 bits per heavy atom. The molecule has 1 amide bonds. The summed E-state index contributed by atoms with van der Waals surface area (Å²) in [6.07, 6.45) is 1.20. The zero-order valence-corrected chi connectivity index (χ0v) is 13.5. The number of anilines is 1. The Morgan fingerprint density at radius 2 is 1.83 bits per heavy atom. The number of benzene rings is 1. The van der Waals surface area contributed by atoms with Crippen molar-refractivity contribution < 1.29 is 22.7 Å². The predicted octanol–water partition coefficient (Wildman–Crippen LogP) is 0.947. The highest BCUT2D eigenvalue weighted by Crippen LogP contribution is 2.17. The summed E-state index contributed by atoms with van der Waals surface area (Å²) in [5.74, 6) is -0.980. The SMILES string of the molecule is COC(=O)c1ccc(NC(=O)C2=CN(C)S(=O)(=O)N=C2C)cc1.